The van der Waals surface area contributed by atoms with Crippen LogP contribution in [0.1, 0.15) is 32.3 Å². The van der Waals surface area contributed by atoms with Gasteiger partial charge in [-0.2, -0.15) is 5.10 Å². The van der Waals surface area contributed by atoms with Gasteiger partial charge in [-0.3, -0.25) is 0 Å². The van der Waals surface area contributed by atoms with Crippen LogP contribution in [0, 0.1) is 0 Å². The number of hydrogen-bond acceptors (Lipinski definition) is 5. The molecule has 0 spiro atoms. The summed E-state index contributed by atoms with van der Waals surface area (Å²) in [6.07, 6.45) is 1.98. The molecule has 0 saturated carbocycles. The molecule has 1 unspecified atom stereocenters. The van der Waals surface area contributed by atoms with Crippen molar-refractivity contribution in [3.05, 3.63) is 60.2 Å². The lowest BCUT2D eigenvalue weighted by atomic mass is 10.1. The molecule has 1 N–H and O–H groups in total. The Labute approximate surface area is 206 Å². The van der Waals surface area contributed by atoms with Gasteiger partial charge in [0.1, 0.15) is 17.2 Å². The van der Waals surface area contributed by atoms with Crippen LogP contribution in [0.25, 0.3) is 11.3 Å². The minimum Gasteiger partial charge on any atom is -0.497 e. The van der Waals surface area contributed by atoms with Crippen LogP contribution in [0.2, 0.25) is 0 Å². The van der Waals surface area contributed by atoms with Crippen molar-refractivity contribution in [1.82, 2.24) is 20.0 Å². The first-order valence-corrected chi connectivity index (χ1v) is 12.0. The molecule has 4 rings (SSSR count). The number of ether oxygens (including phenoxy) is 3. The highest BCUT2D eigenvalue weighted by Crippen LogP contribution is 2.35. The second-order valence-corrected chi connectivity index (χ2v) is 9.02. The van der Waals surface area contributed by atoms with Crippen LogP contribution in [-0.4, -0.2) is 53.1 Å². The predicted octanol–water partition coefficient (Wildman–Crippen LogP) is 4.99. The molecule has 8 heteroatoms. The Morgan fingerprint density at radius 3 is 2.51 bits per heavy atom. The van der Waals surface area contributed by atoms with Gasteiger partial charge in [-0.05, 0) is 51.0 Å². The Hall–Kier alpha value is -3.52. The maximum absolute atomic E-state index is 13.2. The second-order valence-electron chi connectivity index (χ2n) is 9.02. The number of benzene rings is 2. The third kappa shape index (κ3) is 6.14. The van der Waals surface area contributed by atoms with Crippen LogP contribution in [0.3, 0.4) is 0 Å². The second kappa shape index (κ2) is 11.3. The van der Waals surface area contributed by atoms with Crippen LogP contribution in [0.5, 0.6) is 17.4 Å². The highest BCUT2D eigenvalue weighted by molar-refractivity contribution is 5.75. The summed E-state index contributed by atoms with van der Waals surface area (Å²) in [5.41, 5.74) is 2.58. The van der Waals surface area contributed by atoms with Crippen LogP contribution in [0.4, 0.5) is 4.79 Å². The summed E-state index contributed by atoms with van der Waals surface area (Å²) in [7, 11) is 3.49. The van der Waals surface area contributed by atoms with Crippen molar-refractivity contribution in [3.8, 4) is 28.6 Å². The van der Waals surface area contributed by atoms with Gasteiger partial charge in [0.15, 0.2) is 0 Å². The molecule has 0 bridgehead atoms. The van der Waals surface area contributed by atoms with E-state index in [1.165, 1.54) is 0 Å². The van der Waals surface area contributed by atoms with E-state index in [1.807, 2.05) is 75.5 Å². The third-order valence-electron chi connectivity index (χ3n) is 5.91. The SMILES string of the molecule is COc1ccc(Oc2c(CN(CC3CCCO3)C(=O)NC(C)C)c(-c3ccccc3)nn2C)cc1. The maximum atomic E-state index is 13.2. The zero-order valence-corrected chi connectivity index (χ0v) is 20.9. The highest BCUT2D eigenvalue weighted by Gasteiger charge is 2.28. The standard InChI is InChI=1S/C27H34N4O4/c1-19(2)28-27(32)31(17-23-11-8-16-34-23)18-24-25(20-9-6-5-7-10-20)29-30(3)26(24)35-22-14-12-21(33-4)13-15-22/h5-7,9-10,12-15,19,23H,8,11,16-18H2,1-4H3,(H,28,32). The molecule has 186 valence electrons. The largest absolute Gasteiger partial charge is 0.497 e. The van der Waals surface area contributed by atoms with E-state index in [-0.39, 0.29) is 18.2 Å². The molecular weight excluding hydrogens is 444 g/mol. The molecule has 8 nitrogen and oxygen atoms in total. The molecule has 1 atom stereocenters. The number of nitrogens with one attached hydrogen (secondary N) is 1. The summed E-state index contributed by atoms with van der Waals surface area (Å²) >= 11 is 0. The number of urea groups is 1. The molecule has 1 aromatic heterocycles. The number of hydrogen-bond donors (Lipinski definition) is 1. The van der Waals surface area contributed by atoms with Crippen molar-refractivity contribution in [3.63, 3.8) is 0 Å². The fraction of sp³-hybridized carbons (Fsp3) is 0.407. The number of aromatic nitrogens is 2. The van der Waals surface area contributed by atoms with Gasteiger partial charge < -0.3 is 24.4 Å². The van der Waals surface area contributed by atoms with Crippen molar-refractivity contribution in [1.29, 1.82) is 0 Å². The van der Waals surface area contributed by atoms with Crippen LogP contribution >= 0.6 is 0 Å². The van der Waals surface area contributed by atoms with Crippen molar-refractivity contribution in [2.75, 3.05) is 20.3 Å². The van der Waals surface area contributed by atoms with E-state index in [4.69, 9.17) is 19.3 Å². The van der Waals surface area contributed by atoms with E-state index in [9.17, 15) is 4.79 Å². The average molecular weight is 479 g/mol. The first kappa shape index (κ1) is 24.6. The zero-order valence-electron chi connectivity index (χ0n) is 20.9. The van der Waals surface area contributed by atoms with Gasteiger partial charge in [0.2, 0.25) is 5.88 Å². The number of amides is 2. The molecular formula is C27H34N4O4. The molecule has 2 heterocycles. The average Bonchev–Trinajstić information content (AvgIpc) is 3.48. The summed E-state index contributed by atoms with van der Waals surface area (Å²) in [5.74, 6) is 2.00. The lowest BCUT2D eigenvalue weighted by molar-refractivity contribution is 0.0789. The van der Waals surface area contributed by atoms with E-state index in [1.54, 1.807) is 16.7 Å². The molecule has 3 aromatic rings. The van der Waals surface area contributed by atoms with Crippen LogP contribution in [0.15, 0.2) is 54.6 Å². The number of carbonyl (C=O) groups excluding carboxylic acids is 1. The lowest BCUT2D eigenvalue weighted by Gasteiger charge is -2.27. The van der Waals surface area contributed by atoms with Crippen LogP contribution < -0.4 is 14.8 Å². The smallest absolute Gasteiger partial charge is 0.317 e. The van der Waals surface area contributed by atoms with Crippen molar-refractivity contribution in [2.24, 2.45) is 7.05 Å². The number of nitrogens with zero attached hydrogens (tertiary/aromatic N) is 3. The lowest BCUT2D eigenvalue weighted by Crippen LogP contribution is -2.45. The van der Waals surface area contributed by atoms with E-state index >= 15 is 0 Å². The van der Waals surface area contributed by atoms with Gasteiger partial charge in [-0.1, -0.05) is 30.3 Å². The van der Waals surface area contributed by atoms with Crippen LogP contribution in [-0.2, 0) is 18.3 Å². The Bertz CT molecular complexity index is 1110. The summed E-state index contributed by atoms with van der Waals surface area (Å²) in [6.45, 7) is 5.49. The molecule has 0 aliphatic carbocycles. The van der Waals surface area contributed by atoms with Gasteiger partial charge in [0.05, 0.1) is 25.3 Å². The molecule has 1 saturated heterocycles. The Balaban J connectivity index is 1.71. The van der Waals surface area contributed by atoms with Gasteiger partial charge in [0, 0.05) is 31.8 Å². The van der Waals surface area contributed by atoms with E-state index in [0.717, 1.165) is 42.0 Å². The molecule has 35 heavy (non-hydrogen) atoms. The van der Waals surface area contributed by atoms with E-state index in [0.29, 0.717) is 24.7 Å². The van der Waals surface area contributed by atoms with Crippen molar-refractivity contribution < 1.29 is 19.0 Å². The van der Waals surface area contributed by atoms with Crippen molar-refractivity contribution in [2.45, 2.75) is 45.4 Å². The van der Waals surface area contributed by atoms with E-state index in [2.05, 4.69) is 5.32 Å². The normalized spacial score (nSPS) is 15.3. The summed E-state index contributed by atoms with van der Waals surface area (Å²) in [5, 5.41) is 7.83. The molecule has 2 aromatic carbocycles. The first-order valence-electron chi connectivity index (χ1n) is 12.0. The van der Waals surface area contributed by atoms with E-state index < -0.39 is 0 Å². The zero-order chi connectivity index (χ0) is 24.8. The fourth-order valence-electron chi connectivity index (χ4n) is 4.19. The van der Waals surface area contributed by atoms with Gasteiger partial charge >= 0.3 is 6.03 Å². The molecule has 1 fully saturated rings. The number of rotatable bonds is 9. The highest BCUT2D eigenvalue weighted by atomic mass is 16.5. The topological polar surface area (TPSA) is 77.8 Å². The first-order chi connectivity index (χ1) is 16.9. The van der Waals surface area contributed by atoms with Gasteiger partial charge in [0.25, 0.3) is 0 Å². The fourth-order valence-corrected chi connectivity index (χ4v) is 4.19. The summed E-state index contributed by atoms with van der Waals surface area (Å²) in [6, 6.07) is 17.3. The monoisotopic (exact) mass is 478 g/mol. The minimum absolute atomic E-state index is 0.0204. The summed E-state index contributed by atoms with van der Waals surface area (Å²) < 4.78 is 19.2. The predicted molar refractivity (Wildman–Crippen MR) is 135 cm³/mol. The molecule has 2 amide bonds. The molecule has 1 aliphatic heterocycles. The molecule has 0 radical (unpaired) electrons. The van der Waals surface area contributed by atoms with Gasteiger partial charge in [-0.25, -0.2) is 9.48 Å². The van der Waals surface area contributed by atoms with Crippen molar-refractivity contribution >= 4 is 6.03 Å². The Kier molecular flexibility index (Phi) is 7.92. The quantitative estimate of drug-likeness (QED) is 0.469. The number of methoxy groups -OCH3 is 1. The third-order valence-corrected chi connectivity index (χ3v) is 5.91. The number of carbonyl (C=O) groups is 1. The maximum Gasteiger partial charge on any atom is 0.317 e. The Morgan fingerprint density at radius 2 is 1.89 bits per heavy atom. The van der Waals surface area contributed by atoms with Gasteiger partial charge in [-0.15, -0.1) is 0 Å². The molecule has 1 aliphatic rings. The number of aryl methyl sites for hydroxylation is 1. The minimum atomic E-state index is -0.131. The Morgan fingerprint density at radius 1 is 1.17 bits per heavy atom. The summed E-state index contributed by atoms with van der Waals surface area (Å²) in [4.78, 5) is 15.0.